The Morgan fingerprint density at radius 2 is 0.696 bits per heavy atom. The summed E-state index contributed by atoms with van der Waals surface area (Å²) in [7, 11) is 0. The number of aromatic nitrogens is 4. The average molecular weight is 877 g/mol. The molecule has 0 atom stereocenters. The van der Waals surface area contributed by atoms with Crippen molar-refractivity contribution in [1.29, 1.82) is 0 Å². The van der Waals surface area contributed by atoms with E-state index in [1.165, 1.54) is 66.1 Å². The number of benzene rings is 10. The molecule has 0 fully saturated rings. The smallest absolute Gasteiger partial charge is 0.160 e. The first-order chi connectivity index (χ1) is 34.2. The second kappa shape index (κ2) is 14.4. The molecule has 13 aromatic rings. The lowest BCUT2D eigenvalue weighted by Gasteiger charge is -2.30. The Kier molecular flexibility index (Phi) is 7.96. The van der Waals surface area contributed by atoms with Gasteiger partial charge in [-0.15, -0.1) is 0 Å². The van der Waals surface area contributed by atoms with Crippen molar-refractivity contribution in [3.8, 4) is 67.5 Å². The summed E-state index contributed by atoms with van der Waals surface area (Å²) in [6.07, 6.45) is 0. The molecule has 2 aliphatic carbocycles. The second-order valence-electron chi connectivity index (χ2n) is 18.5. The Morgan fingerprint density at radius 3 is 1.25 bits per heavy atom. The number of nitrogens with zero attached hydrogens (tertiary/aromatic N) is 4. The van der Waals surface area contributed by atoms with Crippen molar-refractivity contribution >= 4 is 43.6 Å². The molecule has 3 heterocycles. The first-order valence-corrected chi connectivity index (χ1v) is 23.7. The van der Waals surface area contributed by atoms with E-state index in [2.05, 4.69) is 246 Å². The second-order valence-corrected chi connectivity index (χ2v) is 18.5. The van der Waals surface area contributed by atoms with Gasteiger partial charge in [0.2, 0.25) is 0 Å². The maximum absolute atomic E-state index is 5.41. The number of hydrogen-bond acceptors (Lipinski definition) is 2. The van der Waals surface area contributed by atoms with Gasteiger partial charge >= 0.3 is 0 Å². The molecule has 0 aliphatic heterocycles. The largest absolute Gasteiger partial charge is 0.309 e. The zero-order valence-electron chi connectivity index (χ0n) is 37.4. The normalized spacial score (nSPS) is 13.0. The van der Waals surface area contributed by atoms with E-state index >= 15 is 0 Å². The monoisotopic (exact) mass is 876 g/mol. The van der Waals surface area contributed by atoms with Gasteiger partial charge in [0.25, 0.3) is 0 Å². The molecule has 4 nitrogen and oxygen atoms in total. The highest BCUT2D eigenvalue weighted by molar-refractivity contribution is 6.13. The van der Waals surface area contributed by atoms with Crippen molar-refractivity contribution in [3.05, 3.63) is 265 Å². The van der Waals surface area contributed by atoms with Gasteiger partial charge in [-0.1, -0.05) is 188 Å². The molecular weight excluding hydrogens is 837 g/mol. The van der Waals surface area contributed by atoms with Crippen LogP contribution in [0.25, 0.3) is 111 Å². The first-order valence-electron chi connectivity index (χ1n) is 23.7. The van der Waals surface area contributed by atoms with Gasteiger partial charge in [0.1, 0.15) is 0 Å². The summed E-state index contributed by atoms with van der Waals surface area (Å²) in [4.78, 5) is 10.6. The molecular formula is C65H40N4. The van der Waals surface area contributed by atoms with Gasteiger partial charge in [0, 0.05) is 49.6 Å². The molecule has 0 bridgehead atoms. The summed E-state index contributed by atoms with van der Waals surface area (Å²) in [5.74, 6) is 0.686. The van der Waals surface area contributed by atoms with Crippen molar-refractivity contribution in [2.75, 3.05) is 0 Å². The fraction of sp³-hybridized carbons (Fsp3) is 0.0154. The van der Waals surface area contributed by atoms with E-state index in [9.17, 15) is 0 Å². The quantitative estimate of drug-likeness (QED) is 0.173. The Labute approximate surface area is 398 Å². The van der Waals surface area contributed by atoms with Crippen LogP contribution in [0.3, 0.4) is 0 Å². The molecule has 3 aromatic heterocycles. The molecule has 4 heteroatoms. The topological polar surface area (TPSA) is 35.6 Å². The minimum absolute atomic E-state index is 0.444. The SMILES string of the molecule is c1ccc(-c2cc(-c3cc(-n4c5ccccc5c5ccccc54)cc(-n4c5ccccc5c5cc6c(cc54)-c4ccccc4C64c5ccccc5-c5ccccc54)c3)nc(-c3ccccc3)n2)cc1. The third kappa shape index (κ3) is 5.34. The molecule has 0 saturated heterocycles. The van der Waals surface area contributed by atoms with E-state index in [0.717, 1.165) is 61.5 Å². The summed E-state index contributed by atoms with van der Waals surface area (Å²) in [6, 6.07) is 88.6. The van der Waals surface area contributed by atoms with Crippen LogP contribution < -0.4 is 0 Å². The van der Waals surface area contributed by atoms with Crippen LogP contribution in [0, 0.1) is 0 Å². The highest BCUT2D eigenvalue weighted by atomic mass is 15.0. The van der Waals surface area contributed by atoms with Crippen LogP contribution >= 0.6 is 0 Å². The van der Waals surface area contributed by atoms with E-state index in [4.69, 9.17) is 9.97 Å². The average Bonchev–Trinajstić information content (AvgIpc) is 4.12. The van der Waals surface area contributed by atoms with Crippen LogP contribution in [-0.2, 0) is 5.41 Å². The van der Waals surface area contributed by atoms with Gasteiger partial charge in [-0.25, -0.2) is 9.97 Å². The summed E-state index contributed by atoms with van der Waals surface area (Å²) in [6.45, 7) is 0. The third-order valence-corrected chi connectivity index (χ3v) is 14.9. The molecule has 0 unspecified atom stereocenters. The van der Waals surface area contributed by atoms with Crippen molar-refractivity contribution in [2.45, 2.75) is 5.41 Å². The van der Waals surface area contributed by atoms with E-state index in [0.29, 0.717) is 5.82 Å². The van der Waals surface area contributed by atoms with Crippen molar-refractivity contribution in [2.24, 2.45) is 0 Å². The maximum Gasteiger partial charge on any atom is 0.160 e. The van der Waals surface area contributed by atoms with Crippen LogP contribution in [0.5, 0.6) is 0 Å². The molecule has 10 aromatic carbocycles. The summed E-state index contributed by atoms with van der Waals surface area (Å²) in [5.41, 5.74) is 21.5. The zero-order valence-corrected chi connectivity index (χ0v) is 37.4. The Bertz CT molecular complexity index is 4100. The van der Waals surface area contributed by atoms with E-state index in [1.807, 2.05) is 6.07 Å². The molecule has 15 rings (SSSR count). The zero-order chi connectivity index (χ0) is 45.2. The Morgan fingerprint density at radius 1 is 0.275 bits per heavy atom. The maximum atomic E-state index is 5.41. The van der Waals surface area contributed by atoms with Gasteiger partial charge in [0.05, 0.1) is 38.9 Å². The number of para-hydroxylation sites is 3. The van der Waals surface area contributed by atoms with Crippen LogP contribution in [0.2, 0.25) is 0 Å². The molecule has 0 saturated carbocycles. The van der Waals surface area contributed by atoms with E-state index in [-0.39, 0.29) is 0 Å². The fourth-order valence-corrected chi connectivity index (χ4v) is 12.1. The number of fused-ring (bicyclic) bond motifs is 16. The molecule has 0 radical (unpaired) electrons. The van der Waals surface area contributed by atoms with Gasteiger partial charge in [0.15, 0.2) is 5.82 Å². The lowest BCUT2D eigenvalue weighted by molar-refractivity contribution is 0.795. The van der Waals surface area contributed by atoms with Gasteiger partial charge in [-0.05, 0) is 99.1 Å². The van der Waals surface area contributed by atoms with Crippen LogP contribution in [0.1, 0.15) is 22.3 Å². The van der Waals surface area contributed by atoms with Gasteiger partial charge in [-0.2, -0.15) is 0 Å². The minimum atomic E-state index is -0.444. The summed E-state index contributed by atoms with van der Waals surface area (Å²) < 4.78 is 4.92. The highest BCUT2D eigenvalue weighted by Gasteiger charge is 2.51. The Balaban J connectivity index is 1.05. The van der Waals surface area contributed by atoms with Crippen molar-refractivity contribution in [1.82, 2.24) is 19.1 Å². The molecule has 1 spiro atoms. The van der Waals surface area contributed by atoms with Crippen LogP contribution in [0.4, 0.5) is 0 Å². The van der Waals surface area contributed by atoms with Crippen molar-refractivity contribution in [3.63, 3.8) is 0 Å². The van der Waals surface area contributed by atoms with E-state index < -0.39 is 5.41 Å². The molecule has 0 amide bonds. The third-order valence-electron chi connectivity index (χ3n) is 14.9. The van der Waals surface area contributed by atoms with Gasteiger partial charge < -0.3 is 9.13 Å². The minimum Gasteiger partial charge on any atom is -0.309 e. The van der Waals surface area contributed by atoms with E-state index in [1.54, 1.807) is 0 Å². The lowest BCUT2D eigenvalue weighted by Crippen LogP contribution is -2.25. The highest BCUT2D eigenvalue weighted by Crippen LogP contribution is 2.63. The Hall–Kier alpha value is -9.12. The van der Waals surface area contributed by atoms with Crippen molar-refractivity contribution < 1.29 is 0 Å². The number of hydrogen-bond donors (Lipinski definition) is 0. The number of rotatable bonds is 5. The first kappa shape index (κ1) is 38.0. The summed E-state index contributed by atoms with van der Waals surface area (Å²) >= 11 is 0. The molecule has 2 aliphatic rings. The predicted molar refractivity (Wildman–Crippen MR) is 283 cm³/mol. The fourth-order valence-electron chi connectivity index (χ4n) is 12.1. The molecule has 69 heavy (non-hydrogen) atoms. The summed E-state index contributed by atoms with van der Waals surface area (Å²) in [5, 5.41) is 4.87. The molecule has 320 valence electrons. The van der Waals surface area contributed by atoms with Crippen LogP contribution in [0.15, 0.2) is 243 Å². The van der Waals surface area contributed by atoms with Crippen LogP contribution in [-0.4, -0.2) is 19.1 Å². The predicted octanol–water partition coefficient (Wildman–Crippen LogP) is 16.0. The molecule has 0 N–H and O–H groups in total. The lowest BCUT2D eigenvalue weighted by atomic mass is 9.70. The van der Waals surface area contributed by atoms with Gasteiger partial charge in [-0.3, -0.25) is 0 Å². The standard InChI is InChI=1S/C65H40N4/c1-3-19-41(20-4-1)58-40-59(67-64(66-58)42-21-5-2-6-22-42)43-35-44(68-60-32-16-10-26-49(60)50-27-11-17-33-61(50)68)37-45(36-43)69-62-34-18-12-28-51(62)53-38-57-52(39-63(53)69)48-25-9-15-31-56(48)65(57)54-29-13-7-23-46(54)47-24-8-14-30-55(47)65/h1-40H.